The Labute approximate surface area is 145 Å². The number of rotatable bonds is 4. The SMILES string of the molecule is O=[N+]([O-])c1cc(Br)cc(S(=O)(=O)Oc2cccc3cccnc23)c1. The van der Waals surface area contributed by atoms with Gasteiger partial charge in [-0.3, -0.25) is 15.1 Å². The van der Waals surface area contributed by atoms with E-state index < -0.39 is 15.0 Å². The molecule has 0 atom stereocenters. The zero-order valence-electron chi connectivity index (χ0n) is 11.9. The fourth-order valence-electron chi connectivity index (χ4n) is 2.11. The molecule has 0 fully saturated rings. The van der Waals surface area contributed by atoms with E-state index >= 15 is 0 Å². The molecule has 2 aromatic carbocycles. The third kappa shape index (κ3) is 3.22. The van der Waals surface area contributed by atoms with Crippen LogP contribution >= 0.6 is 15.9 Å². The van der Waals surface area contributed by atoms with Crippen LogP contribution in [0.5, 0.6) is 5.75 Å². The van der Waals surface area contributed by atoms with Crippen molar-refractivity contribution in [3.63, 3.8) is 0 Å². The van der Waals surface area contributed by atoms with Crippen molar-refractivity contribution in [1.82, 2.24) is 4.98 Å². The highest BCUT2D eigenvalue weighted by atomic mass is 79.9. The molecule has 0 radical (unpaired) electrons. The van der Waals surface area contributed by atoms with E-state index in [1.165, 1.54) is 24.4 Å². The van der Waals surface area contributed by atoms with Gasteiger partial charge in [-0.05, 0) is 18.2 Å². The molecule has 0 saturated heterocycles. The summed E-state index contributed by atoms with van der Waals surface area (Å²) < 4.78 is 30.4. The normalized spacial score (nSPS) is 11.4. The zero-order chi connectivity index (χ0) is 17.3. The van der Waals surface area contributed by atoms with Gasteiger partial charge in [0.05, 0.1) is 4.92 Å². The second kappa shape index (κ2) is 6.17. The highest BCUT2D eigenvalue weighted by molar-refractivity contribution is 9.10. The van der Waals surface area contributed by atoms with Crippen LogP contribution in [-0.4, -0.2) is 18.3 Å². The molecule has 3 aromatic rings. The molecule has 1 aromatic heterocycles. The Morgan fingerprint density at radius 3 is 2.62 bits per heavy atom. The fourth-order valence-corrected chi connectivity index (χ4v) is 3.74. The first kappa shape index (κ1) is 16.3. The summed E-state index contributed by atoms with van der Waals surface area (Å²) >= 11 is 3.06. The summed E-state index contributed by atoms with van der Waals surface area (Å²) in [5, 5.41) is 11.6. The molecule has 7 nitrogen and oxygen atoms in total. The number of non-ortho nitro benzene ring substituents is 1. The number of halogens is 1. The number of nitrogens with zero attached hydrogens (tertiary/aromatic N) is 2. The Kier molecular flexibility index (Phi) is 4.20. The lowest BCUT2D eigenvalue weighted by Crippen LogP contribution is -2.10. The quantitative estimate of drug-likeness (QED) is 0.370. The Bertz CT molecular complexity index is 1050. The lowest BCUT2D eigenvalue weighted by Gasteiger charge is -2.09. The van der Waals surface area contributed by atoms with Crippen molar-refractivity contribution in [2.45, 2.75) is 4.90 Å². The Morgan fingerprint density at radius 2 is 1.88 bits per heavy atom. The Balaban J connectivity index is 2.07. The minimum absolute atomic E-state index is 0.0516. The maximum atomic E-state index is 12.5. The lowest BCUT2D eigenvalue weighted by atomic mass is 10.2. The van der Waals surface area contributed by atoms with Gasteiger partial charge in [-0.25, -0.2) is 0 Å². The first-order valence-corrected chi connectivity index (χ1v) is 8.80. The van der Waals surface area contributed by atoms with Gasteiger partial charge in [0.2, 0.25) is 0 Å². The van der Waals surface area contributed by atoms with Crippen molar-refractivity contribution < 1.29 is 17.5 Å². The van der Waals surface area contributed by atoms with Gasteiger partial charge in [-0.2, -0.15) is 8.42 Å². The molecule has 24 heavy (non-hydrogen) atoms. The van der Waals surface area contributed by atoms with Gasteiger partial charge < -0.3 is 4.18 Å². The van der Waals surface area contributed by atoms with Gasteiger partial charge in [0.25, 0.3) is 5.69 Å². The highest BCUT2D eigenvalue weighted by Crippen LogP contribution is 2.29. The molecule has 0 unspecified atom stereocenters. The summed E-state index contributed by atoms with van der Waals surface area (Å²) in [5.41, 5.74) is 0.0238. The third-order valence-electron chi connectivity index (χ3n) is 3.15. The van der Waals surface area contributed by atoms with Gasteiger partial charge in [0.15, 0.2) is 5.75 Å². The molecular formula is C15H9BrN2O5S. The first-order chi connectivity index (χ1) is 11.4. The molecule has 0 aliphatic heterocycles. The number of fused-ring (bicyclic) bond motifs is 1. The second-order valence-electron chi connectivity index (χ2n) is 4.77. The van der Waals surface area contributed by atoms with E-state index in [-0.39, 0.29) is 20.8 Å². The van der Waals surface area contributed by atoms with Crippen LogP contribution in [0.3, 0.4) is 0 Å². The number of hydrogen-bond acceptors (Lipinski definition) is 6. The number of nitro groups is 1. The summed E-state index contributed by atoms with van der Waals surface area (Å²) in [4.78, 5) is 14.0. The summed E-state index contributed by atoms with van der Waals surface area (Å²) in [7, 11) is -4.26. The molecule has 0 aliphatic carbocycles. The van der Waals surface area contributed by atoms with Crippen LogP contribution in [0.25, 0.3) is 10.9 Å². The predicted octanol–water partition coefficient (Wildman–Crippen LogP) is 3.67. The molecule has 0 bridgehead atoms. The average molecular weight is 409 g/mol. The molecule has 0 amide bonds. The average Bonchev–Trinajstić information content (AvgIpc) is 2.54. The van der Waals surface area contributed by atoms with E-state index in [4.69, 9.17) is 4.18 Å². The Hall–Kier alpha value is -2.52. The molecule has 0 aliphatic rings. The van der Waals surface area contributed by atoms with Crippen LogP contribution in [0.15, 0.2) is 64.1 Å². The largest absolute Gasteiger partial charge is 0.377 e. The summed E-state index contributed by atoms with van der Waals surface area (Å²) in [6, 6.07) is 11.8. The Morgan fingerprint density at radius 1 is 1.12 bits per heavy atom. The molecule has 122 valence electrons. The van der Waals surface area contributed by atoms with Crippen molar-refractivity contribution in [2.24, 2.45) is 0 Å². The second-order valence-corrected chi connectivity index (χ2v) is 7.23. The van der Waals surface area contributed by atoms with Gasteiger partial charge >= 0.3 is 10.1 Å². The molecule has 1 heterocycles. The molecule has 3 rings (SSSR count). The molecule has 0 saturated carbocycles. The van der Waals surface area contributed by atoms with Crippen molar-refractivity contribution >= 4 is 42.6 Å². The van der Waals surface area contributed by atoms with Crippen molar-refractivity contribution in [3.8, 4) is 5.75 Å². The standard InChI is InChI=1S/C15H9BrN2O5S/c16-11-7-12(18(19)20)9-13(8-11)24(21,22)23-14-5-1-3-10-4-2-6-17-15(10)14/h1-9H. The van der Waals surface area contributed by atoms with E-state index in [0.29, 0.717) is 10.9 Å². The maximum Gasteiger partial charge on any atom is 0.339 e. The van der Waals surface area contributed by atoms with E-state index in [2.05, 4.69) is 20.9 Å². The highest BCUT2D eigenvalue weighted by Gasteiger charge is 2.22. The number of benzene rings is 2. The van der Waals surface area contributed by atoms with Crippen LogP contribution in [-0.2, 0) is 10.1 Å². The smallest absolute Gasteiger partial charge is 0.339 e. The van der Waals surface area contributed by atoms with Gasteiger partial charge in [0, 0.05) is 28.2 Å². The van der Waals surface area contributed by atoms with E-state index in [1.54, 1.807) is 24.3 Å². The summed E-state index contributed by atoms with van der Waals surface area (Å²) in [6.45, 7) is 0. The van der Waals surface area contributed by atoms with Gasteiger partial charge in [-0.1, -0.05) is 34.1 Å². The van der Waals surface area contributed by atoms with E-state index in [1.807, 2.05) is 0 Å². The lowest BCUT2D eigenvalue weighted by molar-refractivity contribution is -0.385. The minimum atomic E-state index is -4.26. The maximum absolute atomic E-state index is 12.5. The summed E-state index contributed by atoms with van der Waals surface area (Å²) in [6.07, 6.45) is 1.52. The third-order valence-corrected chi connectivity index (χ3v) is 4.82. The first-order valence-electron chi connectivity index (χ1n) is 6.60. The number of aromatic nitrogens is 1. The number of para-hydroxylation sites is 1. The summed E-state index contributed by atoms with van der Waals surface area (Å²) in [5.74, 6) is 0.0516. The number of pyridine rings is 1. The molecule has 0 spiro atoms. The van der Waals surface area contributed by atoms with E-state index in [0.717, 1.165) is 6.07 Å². The minimum Gasteiger partial charge on any atom is -0.377 e. The number of nitro benzene ring substituents is 1. The van der Waals surface area contributed by atoms with Crippen molar-refractivity contribution in [3.05, 3.63) is 69.3 Å². The number of hydrogen-bond donors (Lipinski definition) is 0. The fraction of sp³-hybridized carbons (Fsp3) is 0. The van der Waals surface area contributed by atoms with Crippen LogP contribution in [0, 0.1) is 10.1 Å². The van der Waals surface area contributed by atoms with Crippen LogP contribution < -0.4 is 4.18 Å². The zero-order valence-corrected chi connectivity index (χ0v) is 14.3. The predicted molar refractivity (Wildman–Crippen MR) is 90.4 cm³/mol. The van der Waals surface area contributed by atoms with Crippen molar-refractivity contribution in [1.29, 1.82) is 0 Å². The topological polar surface area (TPSA) is 99.4 Å². The van der Waals surface area contributed by atoms with Crippen molar-refractivity contribution in [2.75, 3.05) is 0 Å². The van der Waals surface area contributed by atoms with Crippen LogP contribution in [0.1, 0.15) is 0 Å². The molecular weight excluding hydrogens is 400 g/mol. The molecule has 0 N–H and O–H groups in total. The van der Waals surface area contributed by atoms with Gasteiger partial charge in [-0.15, -0.1) is 0 Å². The van der Waals surface area contributed by atoms with E-state index in [9.17, 15) is 18.5 Å². The van der Waals surface area contributed by atoms with Crippen LogP contribution in [0.2, 0.25) is 0 Å². The van der Waals surface area contributed by atoms with Crippen LogP contribution in [0.4, 0.5) is 5.69 Å². The monoisotopic (exact) mass is 408 g/mol. The molecule has 9 heteroatoms. The van der Waals surface area contributed by atoms with Gasteiger partial charge in [0.1, 0.15) is 10.4 Å².